The summed E-state index contributed by atoms with van der Waals surface area (Å²) in [6, 6.07) is -0.704. The molecular weight excluding hydrogens is 156 g/mol. The Morgan fingerprint density at radius 3 is 2.58 bits per heavy atom. The first-order valence-corrected chi connectivity index (χ1v) is 4.26. The fraction of sp³-hybridized carbons (Fsp3) is 0.750. The SMILES string of the molecule is CCC[C@H]1NC(=O)[C@H](C)NC1=O.[HH].[HH]. The number of carbonyl (C=O) groups is 2. The van der Waals surface area contributed by atoms with Crippen LogP contribution in [0.15, 0.2) is 0 Å². The molecule has 0 aromatic heterocycles. The first kappa shape index (κ1) is 9.03. The van der Waals surface area contributed by atoms with Gasteiger partial charge in [0.1, 0.15) is 12.1 Å². The molecule has 2 atom stereocenters. The highest BCUT2D eigenvalue weighted by Gasteiger charge is 2.29. The molecule has 72 valence electrons. The van der Waals surface area contributed by atoms with Crippen LogP contribution in [-0.2, 0) is 9.59 Å². The van der Waals surface area contributed by atoms with E-state index in [1.54, 1.807) is 6.92 Å². The van der Waals surface area contributed by atoms with E-state index in [1.165, 1.54) is 0 Å². The topological polar surface area (TPSA) is 58.2 Å². The van der Waals surface area contributed by atoms with Gasteiger partial charge >= 0.3 is 0 Å². The molecule has 1 rings (SSSR count). The van der Waals surface area contributed by atoms with E-state index in [2.05, 4.69) is 10.6 Å². The average molecular weight is 174 g/mol. The van der Waals surface area contributed by atoms with Crippen molar-refractivity contribution in [3.63, 3.8) is 0 Å². The minimum absolute atomic E-state index is 0. The maximum absolute atomic E-state index is 11.2. The Balaban J connectivity index is 0. The van der Waals surface area contributed by atoms with E-state index in [9.17, 15) is 9.59 Å². The molecule has 0 spiro atoms. The van der Waals surface area contributed by atoms with Crippen molar-refractivity contribution in [3.05, 3.63) is 0 Å². The second-order valence-electron chi connectivity index (χ2n) is 3.08. The molecule has 1 fully saturated rings. The normalized spacial score (nSPS) is 29.5. The van der Waals surface area contributed by atoms with E-state index in [4.69, 9.17) is 0 Å². The Kier molecular flexibility index (Phi) is 2.68. The zero-order valence-electron chi connectivity index (χ0n) is 7.39. The molecule has 0 unspecified atom stereocenters. The van der Waals surface area contributed by atoms with Crippen LogP contribution in [0.1, 0.15) is 29.5 Å². The lowest BCUT2D eigenvalue weighted by Crippen LogP contribution is -2.60. The molecule has 1 heterocycles. The summed E-state index contributed by atoms with van der Waals surface area (Å²) in [5, 5.41) is 5.28. The second-order valence-corrected chi connectivity index (χ2v) is 3.08. The van der Waals surface area contributed by atoms with Crippen LogP contribution in [0, 0.1) is 0 Å². The number of hydrogen-bond donors (Lipinski definition) is 2. The van der Waals surface area contributed by atoms with E-state index in [1.807, 2.05) is 6.92 Å². The lowest BCUT2D eigenvalue weighted by atomic mass is 10.1. The van der Waals surface area contributed by atoms with Gasteiger partial charge in [-0.05, 0) is 13.3 Å². The van der Waals surface area contributed by atoms with Crippen molar-refractivity contribution in [3.8, 4) is 0 Å². The van der Waals surface area contributed by atoms with Gasteiger partial charge in [-0.15, -0.1) is 0 Å². The second kappa shape index (κ2) is 3.56. The van der Waals surface area contributed by atoms with Gasteiger partial charge in [0.2, 0.25) is 11.8 Å². The highest BCUT2D eigenvalue weighted by Crippen LogP contribution is 2.02. The van der Waals surface area contributed by atoms with Gasteiger partial charge in [-0.2, -0.15) is 0 Å². The summed E-state index contributed by atoms with van der Waals surface area (Å²) < 4.78 is 0. The van der Waals surface area contributed by atoms with Gasteiger partial charge in [0, 0.05) is 2.85 Å². The fourth-order valence-electron chi connectivity index (χ4n) is 1.23. The van der Waals surface area contributed by atoms with Crippen molar-refractivity contribution >= 4 is 11.8 Å². The summed E-state index contributed by atoms with van der Waals surface area (Å²) in [7, 11) is 0. The molecule has 0 aliphatic carbocycles. The van der Waals surface area contributed by atoms with Crippen molar-refractivity contribution in [2.45, 2.75) is 38.8 Å². The monoisotopic (exact) mass is 174 g/mol. The number of amides is 2. The van der Waals surface area contributed by atoms with Crippen molar-refractivity contribution in [2.24, 2.45) is 0 Å². The number of rotatable bonds is 2. The van der Waals surface area contributed by atoms with E-state index in [0.717, 1.165) is 6.42 Å². The van der Waals surface area contributed by atoms with Gasteiger partial charge in [-0.3, -0.25) is 9.59 Å². The third kappa shape index (κ3) is 1.75. The molecule has 4 nitrogen and oxygen atoms in total. The molecule has 0 saturated carbocycles. The zero-order chi connectivity index (χ0) is 9.14. The van der Waals surface area contributed by atoms with E-state index < -0.39 is 0 Å². The summed E-state index contributed by atoms with van der Waals surface area (Å²) in [6.45, 7) is 3.66. The lowest BCUT2D eigenvalue weighted by Gasteiger charge is -2.27. The number of piperazine rings is 1. The van der Waals surface area contributed by atoms with Crippen LogP contribution in [0.25, 0.3) is 0 Å². The van der Waals surface area contributed by atoms with Gasteiger partial charge in [-0.1, -0.05) is 13.3 Å². The Labute approximate surface area is 74.7 Å². The summed E-state index contributed by atoms with van der Waals surface area (Å²) in [4.78, 5) is 22.3. The van der Waals surface area contributed by atoms with Gasteiger partial charge in [-0.25, -0.2) is 0 Å². The first-order valence-electron chi connectivity index (χ1n) is 4.26. The summed E-state index contributed by atoms with van der Waals surface area (Å²) in [6.07, 6.45) is 1.61. The van der Waals surface area contributed by atoms with Crippen molar-refractivity contribution in [2.75, 3.05) is 0 Å². The lowest BCUT2D eigenvalue weighted by molar-refractivity contribution is -0.136. The van der Waals surface area contributed by atoms with Crippen LogP contribution in [0.5, 0.6) is 0 Å². The maximum atomic E-state index is 11.2. The Morgan fingerprint density at radius 1 is 1.33 bits per heavy atom. The smallest absolute Gasteiger partial charge is 0.243 e. The summed E-state index contributed by atoms with van der Waals surface area (Å²) in [5.74, 6) is -0.156. The number of carbonyl (C=O) groups excluding carboxylic acids is 2. The molecule has 0 bridgehead atoms. The van der Waals surface area contributed by atoms with Gasteiger partial charge in [0.15, 0.2) is 0 Å². The van der Waals surface area contributed by atoms with Crippen LogP contribution >= 0.6 is 0 Å². The minimum Gasteiger partial charge on any atom is -0.343 e. The molecule has 0 radical (unpaired) electrons. The predicted octanol–water partition coefficient (Wildman–Crippen LogP) is 0.282. The minimum atomic E-state index is -0.384. The highest BCUT2D eigenvalue weighted by molar-refractivity contribution is 5.96. The molecule has 0 aromatic rings. The van der Waals surface area contributed by atoms with Crippen LogP contribution in [0.2, 0.25) is 0 Å². The standard InChI is InChI=1S/C8H14N2O2.2H2/c1-3-4-6-8(12)9-5(2)7(11)10-6;;/h5-6H,3-4H2,1-2H3,(H,9,12)(H,10,11);2*1H/t5-,6+;;/m0../s1. The third-order valence-electron chi connectivity index (χ3n) is 1.96. The van der Waals surface area contributed by atoms with Crippen molar-refractivity contribution in [1.29, 1.82) is 0 Å². The quantitative estimate of drug-likeness (QED) is 0.632. The van der Waals surface area contributed by atoms with Crippen LogP contribution in [0.3, 0.4) is 0 Å². The van der Waals surface area contributed by atoms with Crippen molar-refractivity contribution < 1.29 is 12.4 Å². The van der Waals surface area contributed by atoms with Gasteiger partial charge in [0.25, 0.3) is 0 Å². The molecule has 0 aromatic carbocycles. The molecular formula is C8H18N2O2. The fourth-order valence-corrected chi connectivity index (χ4v) is 1.23. The third-order valence-corrected chi connectivity index (χ3v) is 1.96. The van der Waals surface area contributed by atoms with Crippen molar-refractivity contribution in [1.82, 2.24) is 10.6 Å². The van der Waals surface area contributed by atoms with E-state index in [0.29, 0.717) is 6.42 Å². The van der Waals surface area contributed by atoms with Crippen LogP contribution in [0.4, 0.5) is 0 Å². The molecule has 1 aliphatic heterocycles. The molecule has 1 aliphatic rings. The Bertz CT molecular complexity index is 212. The predicted molar refractivity (Wildman–Crippen MR) is 48.7 cm³/mol. The zero-order valence-corrected chi connectivity index (χ0v) is 7.39. The Hall–Kier alpha value is -1.06. The van der Waals surface area contributed by atoms with Gasteiger partial charge < -0.3 is 10.6 Å². The average Bonchev–Trinajstić information content (AvgIpc) is 2.01. The molecule has 1 saturated heterocycles. The van der Waals surface area contributed by atoms with Crippen LogP contribution in [-0.4, -0.2) is 23.9 Å². The van der Waals surface area contributed by atoms with E-state index >= 15 is 0 Å². The molecule has 2 amide bonds. The first-order chi connectivity index (χ1) is 5.65. The molecule has 12 heavy (non-hydrogen) atoms. The molecule has 2 N–H and O–H groups in total. The summed E-state index contributed by atoms with van der Waals surface area (Å²) in [5.41, 5.74) is 0. The largest absolute Gasteiger partial charge is 0.343 e. The summed E-state index contributed by atoms with van der Waals surface area (Å²) >= 11 is 0. The maximum Gasteiger partial charge on any atom is 0.243 e. The molecule has 4 heteroatoms. The van der Waals surface area contributed by atoms with Crippen LogP contribution < -0.4 is 10.6 Å². The number of hydrogen-bond acceptors (Lipinski definition) is 2. The Morgan fingerprint density at radius 2 is 2.00 bits per heavy atom. The number of nitrogens with one attached hydrogen (secondary N) is 2. The van der Waals surface area contributed by atoms with Gasteiger partial charge in [0.05, 0.1) is 0 Å². The van der Waals surface area contributed by atoms with E-state index in [-0.39, 0.29) is 26.8 Å². The highest BCUT2D eigenvalue weighted by atomic mass is 16.2.